The molecule has 0 aromatic heterocycles. The lowest BCUT2D eigenvalue weighted by Gasteiger charge is -2.27. The molecule has 0 radical (unpaired) electrons. The summed E-state index contributed by atoms with van der Waals surface area (Å²) in [6.45, 7) is -0.243. The third-order valence-corrected chi connectivity index (χ3v) is 3.42. The van der Waals surface area contributed by atoms with E-state index in [1.807, 2.05) is 0 Å². The predicted octanol–water partition coefficient (Wildman–Crippen LogP) is 5.12. The van der Waals surface area contributed by atoms with Gasteiger partial charge in [0.1, 0.15) is 18.2 Å². The Labute approximate surface area is 153 Å². The number of hydrogen-bond acceptors (Lipinski definition) is 3. The van der Waals surface area contributed by atoms with E-state index in [2.05, 4.69) is 5.10 Å². The Morgan fingerprint density at radius 2 is 1.50 bits per heavy atom. The van der Waals surface area contributed by atoms with Crippen LogP contribution in [0, 0.1) is 5.82 Å². The third kappa shape index (κ3) is 4.70. The van der Waals surface area contributed by atoms with Crippen molar-refractivity contribution in [2.24, 2.45) is 5.10 Å². The van der Waals surface area contributed by atoms with Gasteiger partial charge in [0.2, 0.25) is 0 Å². The summed E-state index contributed by atoms with van der Waals surface area (Å²) in [6, 6.07) is 5.50. The molecule has 152 valence electrons. The molecule has 28 heavy (non-hydrogen) atoms. The van der Waals surface area contributed by atoms with Gasteiger partial charge >= 0.3 is 18.1 Å². The average Bonchev–Trinajstić information content (AvgIpc) is 2.61. The summed E-state index contributed by atoms with van der Waals surface area (Å²) < 4.78 is 107. The first kappa shape index (κ1) is 21.5. The molecular formula is C17H12F8N2O. The topological polar surface area (TPSA) is 33.6 Å². The first-order valence-electron chi connectivity index (χ1n) is 7.53. The van der Waals surface area contributed by atoms with E-state index in [1.54, 1.807) is 6.07 Å². The lowest BCUT2D eigenvalue weighted by molar-refractivity contribution is -0.361. The van der Waals surface area contributed by atoms with Crippen molar-refractivity contribution < 1.29 is 39.9 Å². The third-order valence-electron chi connectivity index (χ3n) is 3.42. The number of para-hydroxylation sites is 1. The van der Waals surface area contributed by atoms with Gasteiger partial charge in [0, 0.05) is 11.1 Å². The Hall–Kier alpha value is -2.85. The molecule has 0 spiro atoms. The second-order valence-corrected chi connectivity index (χ2v) is 5.43. The highest BCUT2D eigenvalue weighted by Crippen LogP contribution is 2.45. The highest BCUT2D eigenvalue weighted by Gasteiger charge is 2.73. The van der Waals surface area contributed by atoms with Gasteiger partial charge in [0.25, 0.3) is 0 Å². The van der Waals surface area contributed by atoms with Gasteiger partial charge in [0.05, 0.1) is 6.21 Å². The normalized spacial score (nSPS) is 13.0. The number of rotatable bonds is 7. The number of ether oxygens (including phenoxy) is 1. The molecule has 0 aliphatic carbocycles. The van der Waals surface area contributed by atoms with Gasteiger partial charge in [-0.25, -0.2) is 9.82 Å². The maximum Gasteiger partial charge on any atom is 0.462 e. The van der Waals surface area contributed by atoms with E-state index in [-0.39, 0.29) is 23.5 Å². The SMILES string of the molecule is Fc1ccccc1COc1ccccc1/C=N/NC(F)(F)C(F)(F)C(F)(F)F. The molecule has 0 aliphatic rings. The predicted molar refractivity (Wildman–Crippen MR) is 83.9 cm³/mol. The van der Waals surface area contributed by atoms with Crippen molar-refractivity contribution in [3.05, 3.63) is 65.5 Å². The van der Waals surface area contributed by atoms with E-state index < -0.39 is 24.0 Å². The molecule has 0 bridgehead atoms. The summed E-state index contributed by atoms with van der Waals surface area (Å²) in [7, 11) is 0. The molecule has 0 fully saturated rings. The highest BCUT2D eigenvalue weighted by atomic mass is 19.4. The summed E-state index contributed by atoms with van der Waals surface area (Å²) >= 11 is 0. The van der Waals surface area contributed by atoms with Crippen molar-refractivity contribution in [1.82, 2.24) is 5.43 Å². The lowest BCUT2D eigenvalue weighted by Crippen LogP contribution is -2.58. The number of nitrogens with zero attached hydrogens (tertiary/aromatic N) is 1. The Morgan fingerprint density at radius 1 is 0.893 bits per heavy atom. The van der Waals surface area contributed by atoms with Crippen LogP contribution in [0.25, 0.3) is 0 Å². The number of hydrogen-bond donors (Lipinski definition) is 1. The first-order chi connectivity index (χ1) is 13.0. The van der Waals surface area contributed by atoms with Crippen LogP contribution >= 0.6 is 0 Å². The lowest BCUT2D eigenvalue weighted by atomic mass is 10.2. The Bertz CT molecular complexity index is 836. The molecule has 0 unspecified atom stereocenters. The molecule has 0 aliphatic heterocycles. The van der Waals surface area contributed by atoms with E-state index in [0.717, 1.165) is 0 Å². The van der Waals surface area contributed by atoms with Gasteiger partial charge in [-0.05, 0) is 18.2 Å². The maximum absolute atomic E-state index is 13.6. The zero-order valence-electron chi connectivity index (χ0n) is 13.8. The smallest absolute Gasteiger partial charge is 0.462 e. The van der Waals surface area contributed by atoms with Crippen LogP contribution in [-0.4, -0.2) is 24.4 Å². The molecule has 1 N–H and O–H groups in total. The minimum Gasteiger partial charge on any atom is -0.488 e. The second-order valence-electron chi connectivity index (χ2n) is 5.43. The van der Waals surface area contributed by atoms with Crippen molar-refractivity contribution >= 4 is 6.21 Å². The zero-order chi connectivity index (χ0) is 21.0. The van der Waals surface area contributed by atoms with E-state index >= 15 is 0 Å². The monoisotopic (exact) mass is 412 g/mol. The molecular weight excluding hydrogens is 400 g/mol. The Balaban J connectivity index is 2.11. The summed E-state index contributed by atoms with van der Waals surface area (Å²) in [4.78, 5) is 0. The largest absolute Gasteiger partial charge is 0.488 e. The Morgan fingerprint density at radius 3 is 2.14 bits per heavy atom. The van der Waals surface area contributed by atoms with Gasteiger partial charge < -0.3 is 4.74 Å². The molecule has 3 nitrogen and oxygen atoms in total. The highest BCUT2D eigenvalue weighted by molar-refractivity contribution is 5.83. The van der Waals surface area contributed by atoms with Crippen molar-refractivity contribution in [2.75, 3.05) is 0 Å². The van der Waals surface area contributed by atoms with Crippen molar-refractivity contribution in [3.63, 3.8) is 0 Å². The fourth-order valence-electron chi connectivity index (χ4n) is 1.92. The van der Waals surface area contributed by atoms with Crippen LogP contribution in [-0.2, 0) is 6.61 Å². The molecule has 0 saturated heterocycles. The Kier molecular flexibility index (Phi) is 6.15. The van der Waals surface area contributed by atoms with E-state index in [0.29, 0.717) is 11.6 Å². The van der Waals surface area contributed by atoms with Crippen LogP contribution in [0.5, 0.6) is 5.75 Å². The van der Waals surface area contributed by atoms with Gasteiger partial charge in [-0.1, -0.05) is 30.3 Å². The molecule has 0 amide bonds. The van der Waals surface area contributed by atoms with E-state index in [1.165, 1.54) is 42.5 Å². The molecule has 0 atom stereocenters. The quantitative estimate of drug-likeness (QED) is 0.297. The summed E-state index contributed by atoms with van der Waals surface area (Å²) in [5.41, 5.74) is 0.683. The standard InChI is InChI=1S/C17H12F8N2O/c18-13-7-3-1-6-12(13)10-28-14-8-4-2-5-11(14)9-26-27-17(24,25)15(19,20)16(21,22)23/h1-9,27H,10H2/b26-9+. The fourth-order valence-corrected chi connectivity index (χ4v) is 1.92. The van der Waals surface area contributed by atoms with Crippen LogP contribution in [0.15, 0.2) is 53.6 Å². The van der Waals surface area contributed by atoms with Gasteiger partial charge in [0.15, 0.2) is 0 Å². The summed E-state index contributed by atoms with van der Waals surface area (Å²) in [6.07, 6.45) is -5.89. The fraction of sp³-hybridized carbons (Fsp3) is 0.235. The molecule has 2 aromatic rings. The van der Waals surface area contributed by atoms with E-state index in [4.69, 9.17) is 4.74 Å². The van der Waals surface area contributed by atoms with Crippen LogP contribution in [0.2, 0.25) is 0 Å². The number of alkyl halides is 7. The number of halogens is 8. The van der Waals surface area contributed by atoms with E-state index in [9.17, 15) is 35.1 Å². The average molecular weight is 412 g/mol. The first-order valence-corrected chi connectivity index (χ1v) is 7.53. The molecule has 2 aromatic carbocycles. The second kappa shape index (κ2) is 8.03. The van der Waals surface area contributed by atoms with Gasteiger partial charge in [-0.15, -0.1) is 0 Å². The maximum atomic E-state index is 13.6. The number of benzene rings is 2. The van der Waals surface area contributed by atoms with Crippen LogP contribution in [0.3, 0.4) is 0 Å². The van der Waals surface area contributed by atoms with Crippen molar-refractivity contribution in [2.45, 2.75) is 24.8 Å². The molecule has 0 heterocycles. The number of hydrazone groups is 1. The van der Waals surface area contributed by atoms with Gasteiger partial charge in [-0.2, -0.15) is 35.8 Å². The zero-order valence-corrected chi connectivity index (χ0v) is 13.8. The van der Waals surface area contributed by atoms with Crippen molar-refractivity contribution in [3.8, 4) is 5.75 Å². The van der Waals surface area contributed by atoms with Crippen LogP contribution in [0.4, 0.5) is 35.1 Å². The van der Waals surface area contributed by atoms with Crippen LogP contribution in [0.1, 0.15) is 11.1 Å². The minimum absolute atomic E-state index is 0.0159. The summed E-state index contributed by atoms with van der Waals surface area (Å²) in [5, 5.41) is 2.77. The molecule has 11 heteroatoms. The van der Waals surface area contributed by atoms with Gasteiger partial charge in [-0.3, -0.25) is 0 Å². The number of nitrogens with one attached hydrogen (secondary N) is 1. The summed E-state index contributed by atoms with van der Waals surface area (Å²) in [5.74, 6) is -6.87. The molecule has 2 rings (SSSR count). The van der Waals surface area contributed by atoms with Crippen LogP contribution < -0.4 is 10.2 Å². The molecule has 0 saturated carbocycles. The van der Waals surface area contributed by atoms with Crippen molar-refractivity contribution in [1.29, 1.82) is 0 Å². The minimum atomic E-state index is -6.47.